The zero-order valence-corrected chi connectivity index (χ0v) is 12.2. The number of halogens is 1. The summed E-state index contributed by atoms with van der Waals surface area (Å²) in [5.41, 5.74) is 0. The van der Waals surface area contributed by atoms with Gasteiger partial charge in [-0.05, 0) is 25.0 Å². The number of hydrogen-bond acceptors (Lipinski definition) is 4. The minimum Gasteiger partial charge on any atom is -0.381 e. The summed E-state index contributed by atoms with van der Waals surface area (Å²) in [5.74, 6) is 1.18. The summed E-state index contributed by atoms with van der Waals surface area (Å²) < 4.78 is 6.22. The largest absolute Gasteiger partial charge is 0.381 e. The molecule has 1 aromatic heterocycles. The lowest BCUT2D eigenvalue weighted by Crippen LogP contribution is -2.21. The lowest BCUT2D eigenvalue weighted by molar-refractivity contribution is 0.100. The van der Waals surface area contributed by atoms with Crippen LogP contribution in [-0.2, 0) is 11.3 Å². The minimum absolute atomic E-state index is 0.807. The third-order valence-electron chi connectivity index (χ3n) is 2.73. The molecule has 1 aliphatic heterocycles. The molecule has 0 aromatic carbocycles. The van der Waals surface area contributed by atoms with Gasteiger partial charge in [0.2, 0.25) is 0 Å². The van der Waals surface area contributed by atoms with Gasteiger partial charge in [0, 0.05) is 42.2 Å². The van der Waals surface area contributed by atoms with Gasteiger partial charge in [-0.25, -0.2) is 0 Å². The van der Waals surface area contributed by atoms with E-state index in [4.69, 9.17) is 16.3 Å². The molecule has 17 heavy (non-hydrogen) atoms. The first-order chi connectivity index (χ1) is 8.34. The monoisotopic (exact) mass is 291 g/mol. The first-order valence-electron chi connectivity index (χ1n) is 5.99. The van der Waals surface area contributed by atoms with Gasteiger partial charge in [0.25, 0.3) is 0 Å². The maximum absolute atomic E-state index is 5.88. The van der Waals surface area contributed by atoms with Gasteiger partial charge in [0.15, 0.2) is 0 Å². The third-order valence-corrected chi connectivity index (χ3v) is 5.34. The summed E-state index contributed by atoms with van der Waals surface area (Å²) in [7, 11) is 0. The number of rotatable bonds is 6. The van der Waals surface area contributed by atoms with Gasteiger partial charge in [0.05, 0.1) is 4.34 Å². The van der Waals surface area contributed by atoms with Crippen LogP contribution in [0.2, 0.25) is 4.34 Å². The van der Waals surface area contributed by atoms with E-state index in [9.17, 15) is 0 Å². The van der Waals surface area contributed by atoms with E-state index in [1.807, 2.05) is 6.07 Å². The first kappa shape index (κ1) is 13.7. The van der Waals surface area contributed by atoms with Crippen molar-refractivity contribution in [2.75, 3.05) is 25.5 Å². The summed E-state index contributed by atoms with van der Waals surface area (Å²) in [6.07, 6.45) is 2.43. The Morgan fingerprint density at radius 1 is 1.41 bits per heavy atom. The Morgan fingerprint density at radius 3 is 2.94 bits per heavy atom. The van der Waals surface area contributed by atoms with Crippen molar-refractivity contribution in [3.8, 4) is 0 Å². The summed E-state index contributed by atoms with van der Waals surface area (Å²) in [4.78, 5) is 1.31. The van der Waals surface area contributed by atoms with Crippen LogP contribution in [0.3, 0.4) is 0 Å². The SMILES string of the molecule is Clc1ccc(CNCCSC2CCOCC2)s1. The van der Waals surface area contributed by atoms with Crippen molar-refractivity contribution >= 4 is 34.7 Å². The van der Waals surface area contributed by atoms with Crippen LogP contribution in [0.1, 0.15) is 17.7 Å². The van der Waals surface area contributed by atoms with E-state index in [1.54, 1.807) is 11.3 Å². The molecule has 2 rings (SSSR count). The Labute approximate surface area is 116 Å². The molecule has 1 fully saturated rings. The van der Waals surface area contributed by atoms with Gasteiger partial charge in [-0.15, -0.1) is 11.3 Å². The molecule has 0 aliphatic carbocycles. The molecule has 96 valence electrons. The lowest BCUT2D eigenvalue weighted by atomic mass is 10.2. The number of thiophene rings is 1. The van der Waals surface area contributed by atoms with Crippen LogP contribution in [0.15, 0.2) is 12.1 Å². The predicted molar refractivity (Wildman–Crippen MR) is 77.3 cm³/mol. The second-order valence-electron chi connectivity index (χ2n) is 4.07. The second kappa shape index (κ2) is 7.64. The van der Waals surface area contributed by atoms with E-state index in [-0.39, 0.29) is 0 Å². The topological polar surface area (TPSA) is 21.3 Å². The van der Waals surface area contributed by atoms with Gasteiger partial charge in [0.1, 0.15) is 0 Å². The number of ether oxygens (including phenoxy) is 1. The maximum Gasteiger partial charge on any atom is 0.0931 e. The molecule has 0 amide bonds. The summed E-state index contributed by atoms with van der Waals surface area (Å²) in [5, 5.41) is 4.26. The first-order valence-corrected chi connectivity index (χ1v) is 8.23. The van der Waals surface area contributed by atoms with Crippen LogP contribution < -0.4 is 5.32 Å². The van der Waals surface area contributed by atoms with E-state index in [0.717, 1.165) is 35.9 Å². The molecular weight excluding hydrogens is 274 g/mol. The van der Waals surface area contributed by atoms with Gasteiger partial charge < -0.3 is 10.1 Å². The quantitative estimate of drug-likeness (QED) is 0.812. The van der Waals surface area contributed by atoms with Crippen molar-refractivity contribution in [1.82, 2.24) is 5.32 Å². The van der Waals surface area contributed by atoms with Crippen LogP contribution >= 0.6 is 34.7 Å². The highest BCUT2D eigenvalue weighted by molar-refractivity contribution is 7.99. The molecule has 0 bridgehead atoms. The average molecular weight is 292 g/mol. The Kier molecular flexibility index (Phi) is 6.15. The third kappa shape index (κ3) is 5.18. The van der Waals surface area contributed by atoms with Crippen LogP contribution in [-0.4, -0.2) is 30.8 Å². The standard InChI is InChI=1S/C12H18ClNOS2/c13-12-2-1-11(17-12)9-14-5-8-16-10-3-6-15-7-4-10/h1-2,10,14H,3-9H2. The maximum atomic E-state index is 5.88. The van der Waals surface area contributed by atoms with Gasteiger partial charge >= 0.3 is 0 Å². The molecule has 1 aliphatic rings. The Balaban J connectivity index is 1.51. The molecular formula is C12H18ClNOS2. The molecule has 1 saturated heterocycles. The van der Waals surface area contributed by atoms with Crippen LogP contribution in [0.25, 0.3) is 0 Å². The molecule has 2 nitrogen and oxygen atoms in total. The fraction of sp³-hybridized carbons (Fsp3) is 0.667. The highest BCUT2D eigenvalue weighted by Gasteiger charge is 2.13. The fourth-order valence-corrected chi connectivity index (χ4v) is 3.98. The zero-order chi connectivity index (χ0) is 11.9. The smallest absolute Gasteiger partial charge is 0.0931 e. The van der Waals surface area contributed by atoms with Crippen molar-refractivity contribution in [2.45, 2.75) is 24.6 Å². The van der Waals surface area contributed by atoms with E-state index in [0.29, 0.717) is 0 Å². The summed E-state index contributed by atoms with van der Waals surface area (Å²) >= 11 is 9.60. The fourth-order valence-electron chi connectivity index (χ4n) is 1.80. The second-order valence-corrected chi connectivity index (χ2v) is 7.27. The van der Waals surface area contributed by atoms with E-state index in [2.05, 4.69) is 23.1 Å². The van der Waals surface area contributed by atoms with Crippen molar-refractivity contribution in [3.63, 3.8) is 0 Å². The highest BCUT2D eigenvalue weighted by Crippen LogP contribution is 2.22. The molecule has 2 heterocycles. The van der Waals surface area contributed by atoms with Crippen molar-refractivity contribution in [1.29, 1.82) is 0 Å². The predicted octanol–water partition coefficient (Wildman–Crippen LogP) is 3.40. The van der Waals surface area contributed by atoms with Crippen molar-refractivity contribution < 1.29 is 4.74 Å². The van der Waals surface area contributed by atoms with Crippen LogP contribution in [0.4, 0.5) is 0 Å². The summed E-state index contributed by atoms with van der Waals surface area (Å²) in [6, 6.07) is 4.05. The van der Waals surface area contributed by atoms with Crippen LogP contribution in [0.5, 0.6) is 0 Å². The van der Waals surface area contributed by atoms with Crippen LogP contribution in [0, 0.1) is 0 Å². The molecule has 1 aromatic rings. The van der Waals surface area contributed by atoms with Gasteiger partial charge in [-0.1, -0.05) is 11.6 Å². The number of thioether (sulfide) groups is 1. The Hall–Kier alpha value is 0.260. The molecule has 5 heteroatoms. The number of nitrogens with one attached hydrogen (secondary N) is 1. The Morgan fingerprint density at radius 2 is 2.24 bits per heavy atom. The number of hydrogen-bond donors (Lipinski definition) is 1. The molecule has 0 spiro atoms. The highest BCUT2D eigenvalue weighted by atomic mass is 35.5. The Bertz CT molecular complexity index is 326. The lowest BCUT2D eigenvalue weighted by Gasteiger charge is -2.21. The van der Waals surface area contributed by atoms with Crippen molar-refractivity contribution in [2.24, 2.45) is 0 Å². The van der Waals surface area contributed by atoms with Gasteiger partial charge in [-0.2, -0.15) is 11.8 Å². The van der Waals surface area contributed by atoms with E-state index < -0.39 is 0 Å². The normalized spacial score (nSPS) is 17.5. The average Bonchev–Trinajstić information content (AvgIpc) is 2.76. The summed E-state index contributed by atoms with van der Waals surface area (Å²) in [6.45, 7) is 3.89. The van der Waals surface area contributed by atoms with E-state index >= 15 is 0 Å². The molecule has 0 atom stereocenters. The van der Waals surface area contributed by atoms with Crippen molar-refractivity contribution in [3.05, 3.63) is 21.3 Å². The molecule has 1 N–H and O–H groups in total. The molecule has 0 saturated carbocycles. The van der Waals surface area contributed by atoms with E-state index in [1.165, 1.54) is 23.5 Å². The minimum atomic E-state index is 0.807. The molecule has 0 radical (unpaired) electrons. The van der Waals surface area contributed by atoms with Gasteiger partial charge in [-0.3, -0.25) is 0 Å². The molecule has 0 unspecified atom stereocenters. The zero-order valence-electron chi connectivity index (χ0n) is 9.78.